The molecule has 0 bridgehead atoms. The van der Waals surface area contributed by atoms with Gasteiger partial charge in [-0.2, -0.15) is 0 Å². The van der Waals surface area contributed by atoms with Crippen LogP contribution in [-0.2, 0) is 13.9 Å². The van der Waals surface area contributed by atoms with Crippen molar-refractivity contribution in [2.45, 2.75) is 6.92 Å². The molecule has 7 heteroatoms. The summed E-state index contributed by atoms with van der Waals surface area (Å²) in [7, 11) is 2.29. The van der Waals surface area contributed by atoms with Crippen LogP contribution in [0.4, 0.5) is 0 Å². The molecule has 0 aliphatic carbocycles. The van der Waals surface area contributed by atoms with Crippen molar-refractivity contribution in [1.82, 2.24) is 5.32 Å². The van der Waals surface area contributed by atoms with E-state index in [9.17, 15) is 14.3 Å². The van der Waals surface area contributed by atoms with Crippen molar-refractivity contribution in [3.05, 3.63) is 12.2 Å². The average Bonchev–Trinajstić information content (AvgIpc) is 2.14. The van der Waals surface area contributed by atoms with E-state index in [-0.39, 0.29) is 25.2 Å². The predicted molar refractivity (Wildman–Crippen MR) is 71.4 cm³/mol. The normalized spacial score (nSPS) is 14.9. The van der Waals surface area contributed by atoms with E-state index in [4.69, 9.17) is 4.52 Å². The lowest BCUT2D eigenvalue weighted by molar-refractivity contribution is -0.870. The minimum Gasteiger partial charge on any atom is -0.352 e. The molecule has 0 aromatic heterocycles. The van der Waals surface area contributed by atoms with Crippen LogP contribution in [0.1, 0.15) is 6.92 Å². The number of rotatable bonds is 8. The Hall–Kier alpha value is -0.680. The SMILES string of the molecule is C=C(C)C(=O)NCCP(=O)(O)OCC[N+](C)(C)C. The van der Waals surface area contributed by atoms with Crippen molar-refractivity contribution in [3.8, 4) is 0 Å². The summed E-state index contributed by atoms with van der Waals surface area (Å²) in [6.45, 7) is 6.00. The summed E-state index contributed by atoms with van der Waals surface area (Å²) in [5.74, 6) is -0.318. The fraction of sp³-hybridized carbons (Fsp3) is 0.727. The topological polar surface area (TPSA) is 75.6 Å². The molecular formula is C11H24N2O4P+. The van der Waals surface area contributed by atoms with Gasteiger partial charge in [-0.25, -0.2) is 0 Å². The van der Waals surface area contributed by atoms with E-state index >= 15 is 0 Å². The van der Waals surface area contributed by atoms with Crippen molar-refractivity contribution in [2.24, 2.45) is 0 Å². The molecule has 0 aliphatic rings. The number of amides is 1. The monoisotopic (exact) mass is 279 g/mol. The number of hydrogen-bond donors (Lipinski definition) is 2. The molecule has 0 spiro atoms. The third kappa shape index (κ3) is 9.36. The predicted octanol–water partition coefficient (Wildman–Crippen LogP) is 0.587. The molecule has 0 heterocycles. The molecule has 1 atom stereocenters. The minimum absolute atomic E-state index is 0.0941. The van der Waals surface area contributed by atoms with Crippen LogP contribution in [0.2, 0.25) is 0 Å². The minimum atomic E-state index is -3.62. The third-order valence-corrected chi connectivity index (χ3v) is 3.50. The van der Waals surface area contributed by atoms with Crippen molar-refractivity contribution in [1.29, 1.82) is 0 Å². The van der Waals surface area contributed by atoms with Crippen LogP contribution >= 0.6 is 7.60 Å². The molecule has 0 radical (unpaired) electrons. The van der Waals surface area contributed by atoms with E-state index in [0.717, 1.165) is 0 Å². The van der Waals surface area contributed by atoms with Crippen LogP contribution in [-0.4, -0.2) is 62.3 Å². The van der Waals surface area contributed by atoms with Crippen LogP contribution in [0, 0.1) is 0 Å². The van der Waals surface area contributed by atoms with E-state index in [1.54, 1.807) is 6.92 Å². The molecule has 0 aromatic rings. The van der Waals surface area contributed by atoms with Crippen molar-refractivity contribution >= 4 is 13.5 Å². The highest BCUT2D eigenvalue weighted by Crippen LogP contribution is 2.40. The van der Waals surface area contributed by atoms with Crippen LogP contribution in [0.3, 0.4) is 0 Å². The van der Waals surface area contributed by atoms with Gasteiger partial charge in [0.1, 0.15) is 13.2 Å². The Kier molecular flexibility index (Phi) is 6.78. The maximum Gasteiger partial charge on any atom is 0.330 e. The quantitative estimate of drug-likeness (QED) is 0.387. The highest BCUT2D eigenvalue weighted by molar-refractivity contribution is 7.52. The highest BCUT2D eigenvalue weighted by Gasteiger charge is 2.20. The number of nitrogens with one attached hydrogen (secondary N) is 1. The van der Waals surface area contributed by atoms with Crippen LogP contribution in [0.15, 0.2) is 12.2 Å². The van der Waals surface area contributed by atoms with Crippen molar-refractivity contribution in [3.63, 3.8) is 0 Å². The molecule has 2 N–H and O–H groups in total. The number of carbonyl (C=O) groups excluding carboxylic acids is 1. The van der Waals surface area contributed by atoms with Crippen LogP contribution in [0.25, 0.3) is 0 Å². The summed E-state index contributed by atoms with van der Waals surface area (Å²) >= 11 is 0. The molecule has 1 unspecified atom stereocenters. The highest BCUT2D eigenvalue weighted by atomic mass is 31.2. The summed E-state index contributed by atoms with van der Waals surface area (Å²) in [4.78, 5) is 20.7. The van der Waals surface area contributed by atoms with Crippen molar-refractivity contribution in [2.75, 3.05) is 47.0 Å². The Morgan fingerprint density at radius 2 is 2.00 bits per heavy atom. The van der Waals surface area contributed by atoms with Gasteiger partial charge in [-0.05, 0) is 6.92 Å². The zero-order valence-corrected chi connectivity index (χ0v) is 12.5. The lowest BCUT2D eigenvalue weighted by atomic mass is 10.3. The molecule has 0 fully saturated rings. The second kappa shape index (κ2) is 7.04. The van der Waals surface area contributed by atoms with Gasteiger partial charge >= 0.3 is 7.60 Å². The number of nitrogens with zero attached hydrogens (tertiary/aromatic N) is 1. The molecule has 1 amide bonds. The number of hydrogen-bond acceptors (Lipinski definition) is 3. The van der Waals surface area contributed by atoms with Gasteiger partial charge in [0.15, 0.2) is 0 Å². The molecule has 0 rings (SSSR count). The Labute approximate surface area is 109 Å². The van der Waals surface area contributed by atoms with Gasteiger partial charge in [-0.15, -0.1) is 0 Å². The lowest BCUT2D eigenvalue weighted by Crippen LogP contribution is -2.37. The summed E-state index contributed by atoms with van der Waals surface area (Å²) in [6.07, 6.45) is -0.0941. The first-order valence-corrected chi connectivity index (χ1v) is 7.50. The smallest absolute Gasteiger partial charge is 0.330 e. The maximum absolute atomic E-state index is 11.6. The Morgan fingerprint density at radius 3 is 2.44 bits per heavy atom. The van der Waals surface area contributed by atoms with E-state index in [2.05, 4.69) is 11.9 Å². The second-order valence-electron chi connectivity index (χ2n) is 5.24. The molecular weight excluding hydrogens is 255 g/mol. The van der Waals surface area contributed by atoms with E-state index in [1.807, 2.05) is 21.1 Å². The largest absolute Gasteiger partial charge is 0.352 e. The standard InChI is InChI=1S/C11H23N2O4P/c1-10(2)11(14)12-6-9-18(15,16)17-8-7-13(3,4)5/h1,6-9H2,2-5H3,(H-,12,14,15,16)/p+1. The summed E-state index contributed by atoms with van der Waals surface area (Å²) < 4.78 is 17.2. The first-order chi connectivity index (χ1) is 8.03. The molecule has 6 nitrogen and oxygen atoms in total. The number of quaternary nitrogens is 1. The Morgan fingerprint density at radius 1 is 1.44 bits per heavy atom. The number of likely N-dealkylation sites (N-methyl/N-ethyl adjacent to an activating group) is 1. The van der Waals surface area contributed by atoms with Gasteiger partial charge < -0.3 is 19.2 Å². The first-order valence-electron chi connectivity index (χ1n) is 5.74. The second-order valence-corrected chi connectivity index (χ2v) is 7.22. The first kappa shape index (κ1) is 17.3. The van der Waals surface area contributed by atoms with Crippen molar-refractivity contribution < 1.29 is 23.3 Å². The van der Waals surface area contributed by atoms with Gasteiger partial charge in [0, 0.05) is 12.1 Å². The zero-order chi connectivity index (χ0) is 14.4. The molecule has 0 saturated heterocycles. The van der Waals surface area contributed by atoms with Gasteiger partial charge in [-0.1, -0.05) is 6.58 Å². The van der Waals surface area contributed by atoms with E-state index in [1.165, 1.54) is 0 Å². The lowest BCUT2D eigenvalue weighted by Gasteiger charge is -2.24. The Bertz CT molecular complexity index is 349. The van der Waals surface area contributed by atoms with Gasteiger partial charge in [0.05, 0.1) is 27.3 Å². The van der Waals surface area contributed by atoms with Gasteiger partial charge in [0.25, 0.3) is 0 Å². The zero-order valence-electron chi connectivity index (χ0n) is 11.6. The van der Waals surface area contributed by atoms with Gasteiger partial charge in [-0.3, -0.25) is 9.36 Å². The fourth-order valence-electron chi connectivity index (χ4n) is 0.983. The molecule has 0 aliphatic heterocycles. The summed E-state index contributed by atoms with van der Waals surface area (Å²) in [5.41, 5.74) is 0.369. The summed E-state index contributed by atoms with van der Waals surface area (Å²) in [5, 5.41) is 2.49. The Balaban J connectivity index is 3.91. The van der Waals surface area contributed by atoms with E-state index < -0.39 is 7.60 Å². The van der Waals surface area contributed by atoms with Crippen LogP contribution in [0.5, 0.6) is 0 Å². The van der Waals surface area contributed by atoms with E-state index in [0.29, 0.717) is 16.6 Å². The maximum atomic E-state index is 11.6. The third-order valence-electron chi connectivity index (χ3n) is 2.12. The average molecular weight is 279 g/mol. The molecule has 0 saturated carbocycles. The molecule has 0 aromatic carbocycles. The molecule has 106 valence electrons. The number of carbonyl (C=O) groups is 1. The van der Waals surface area contributed by atoms with Gasteiger partial charge in [0.2, 0.25) is 5.91 Å². The molecule has 18 heavy (non-hydrogen) atoms. The van der Waals surface area contributed by atoms with Crippen LogP contribution < -0.4 is 5.32 Å². The fourth-order valence-corrected chi connectivity index (χ4v) is 1.87. The summed E-state index contributed by atoms with van der Waals surface area (Å²) in [6, 6.07) is 0.